The fourth-order valence-corrected chi connectivity index (χ4v) is 5.38. The molecule has 154 valence electrons. The zero-order valence-corrected chi connectivity index (χ0v) is 17.6. The molecule has 5 rings (SSSR count). The van der Waals surface area contributed by atoms with Gasteiger partial charge in [0.05, 0.1) is 6.61 Å². The van der Waals surface area contributed by atoms with Crippen molar-refractivity contribution in [3.8, 4) is 0 Å². The Labute approximate surface area is 180 Å². The Hall–Kier alpha value is -2.54. The van der Waals surface area contributed by atoms with Gasteiger partial charge in [0.25, 0.3) is 5.91 Å². The normalized spacial score (nSPS) is 24.6. The van der Waals surface area contributed by atoms with Gasteiger partial charge in [-0.25, -0.2) is 0 Å². The van der Waals surface area contributed by atoms with E-state index in [2.05, 4.69) is 44.9 Å². The molecule has 2 saturated heterocycles. The fraction of sp³-hybridized carbons (Fsp3) is 0.333. The van der Waals surface area contributed by atoms with Gasteiger partial charge in [-0.2, -0.15) is 11.3 Å². The predicted molar refractivity (Wildman–Crippen MR) is 117 cm³/mol. The van der Waals surface area contributed by atoms with Crippen molar-refractivity contribution >= 4 is 17.2 Å². The summed E-state index contributed by atoms with van der Waals surface area (Å²) in [4.78, 5) is 22.5. The standard InChI is InChI=1S/C24H25N3O2S/c28-23-24(29-11-10-27(23)15-19-5-2-1-3-6-19)18-26(14-20-8-12-30-17-20)16-22(24)21-7-4-9-25-13-21/h1-9,12-13,17,22H,10-11,14-16,18H2/t22-,24+/m0/s1. The van der Waals surface area contributed by atoms with Gasteiger partial charge in [0, 0.05) is 51.0 Å². The lowest BCUT2D eigenvalue weighted by molar-refractivity contribution is -0.173. The molecule has 5 nitrogen and oxygen atoms in total. The fourth-order valence-electron chi connectivity index (χ4n) is 4.72. The minimum absolute atomic E-state index is 0.0316. The zero-order valence-electron chi connectivity index (χ0n) is 16.8. The first-order valence-corrected chi connectivity index (χ1v) is 11.3. The van der Waals surface area contributed by atoms with E-state index in [9.17, 15) is 4.79 Å². The van der Waals surface area contributed by atoms with Gasteiger partial charge >= 0.3 is 0 Å². The molecule has 0 saturated carbocycles. The molecular weight excluding hydrogens is 394 g/mol. The van der Waals surface area contributed by atoms with Gasteiger partial charge in [-0.3, -0.25) is 14.7 Å². The minimum Gasteiger partial charge on any atom is -0.361 e. The monoisotopic (exact) mass is 419 g/mol. The number of morpholine rings is 1. The van der Waals surface area contributed by atoms with Crippen molar-refractivity contribution in [3.63, 3.8) is 0 Å². The van der Waals surface area contributed by atoms with Crippen LogP contribution in [0.4, 0.5) is 0 Å². The molecule has 0 aliphatic carbocycles. The quantitative estimate of drug-likeness (QED) is 0.635. The van der Waals surface area contributed by atoms with Crippen molar-refractivity contribution in [2.24, 2.45) is 0 Å². The third-order valence-corrected chi connectivity index (χ3v) is 6.85. The van der Waals surface area contributed by atoms with Crippen molar-refractivity contribution in [1.82, 2.24) is 14.8 Å². The summed E-state index contributed by atoms with van der Waals surface area (Å²) in [6, 6.07) is 16.4. The van der Waals surface area contributed by atoms with Gasteiger partial charge in [-0.05, 0) is 39.6 Å². The van der Waals surface area contributed by atoms with Gasteiger partial charge in [-0.1, -0.05) is 36.4 Å². The molecule has 2 aromatic heterocycles. The highest BCUT2D eigenvalue weighted by molar-refractivity contribution is 7.07. The highest BCUT2D eigenvalue weighted by atomic mass is 32.1. The lowest BCUT2D eigenvalue weighted by Gasteiger charge is -2.42. The van der Waals surface area contributed by atoms with E-state index in [0.29, 0.717) is 26.2 Å². The Morgan fingerprint density at radius 3 is 2.77 bits per heavy atom. The smallest absolute Gasteiger partial charge is 0.257 e. The molecule has 1 amide bonds. The highest BCUT2D eigenvalue weighted by Gasteiger charge is 2.56. The average Bonchev–Trinajstić information content (AvgIpc) is 3.42. The molecule has 2 atom stereocenters. The summed E-state index contributed by atoms with van der Waals surface area (Å²) in [6.07, 6.45) is 3.66. The maximum atomic E-state index is 13.8. The Balaban J connectivity index is 1.45. The number of carbonyl (C=O) groups excluding carboxylic acids is 1. The third kappa shape index (κ3) is 3.67. The van der Waals surface area contributed by atoms with Crippen molar-refractivity contribution in [3.05, 3.63) is 88.4 Å². The number of thiophene rings is 1. The number of carbonyl (C=O) groups is 1. The number of likely N-dealkylation sites (tertiary alicyclic amines) is 1. The molecule has 0 bridgehead atoms. The predicted octanol–water partition coefficient (Wildman–Crippen LogP) is 3.54. The van der Waals surface area contributed by atoms with E-state index in [0.717, 1.165) is 24.2 Å². The van der Waals surface area contributed by atoms with E-state index >= 15 is 0 Å². The van der Waals surface area contributed by atoms with Crippen LogP contribution in [0.15, 0.2) is 71.7 Å². The highest BCUT2D eigenvalue weighted by Crippen LogP contribution is 2.42. The molecule has 0 unspecified atom stereocenters. The Kier molecular flexibility index (Phi) is 5.37. The Morgan fingerprint density at radius 1 is 1.10 bits per heavy atom. The lowest BCUT2D eigenvalue weighted by Crippen LogP contribution is -2.59. The van der Waals surface area contributed by atoms with E-state index in [1.54, 1.807) is 17.5 Å². The molecular formula is C24H25N3O2S. The van der Waals surface area contributed by atoms with Crippen LogP contribution in [0, 0.1) is 0 Å². The van der Waals surface area contributed by atoms with Crippen LogP contribution in [0.2, 0.25) is 0 Å². The molecule has 1 aromatic carbocycles. The minimum atomic E-state index is -0.855. The van der Waals surface area contributed by atoms with Crippen molar-refractivity contribution in [1.29, 1.82) is 0 Å². The van der Waals surface area contributed by atoms with Crippen LogP contribution in [0.5, 0.6) is 0 Å². The first-order valence-electron chi connectivity index (χ1n) is 10.4. The van der Waals surface area contributed by atoms with Gasteiger partial charge in [0.2, 0.25) is 0 Å². The van der Waals surface area contributed by atoms with Crippen LogP contribution in [0.3, 0.4) is 0 Å². The Bertz CT molecular complexity index is 980. The van der Waals surface area contributed by atoms with E-state index in [-0.39, 0.29) is 11.8 Å². The van der Waals surface area contributed by atoms with Gasteiger partial charge in [0.1, 0.15) is 0 Å². The van der Waals surface area contributed by atoms with Gasteiger partial charge < -0.3 is 9.64 Å². The first kappa shape index (κ1) is 19.4. The van der Waals surface area contributed by atoms with E-state index in [4.69, 9.17) is 4.74 Å². The molecule has 2 aliphatic rings. The van der Waals surface area contributed by atoms with Crippen molar-refractivity contribution in [2.75, 3.05) is 26.2 Å². The number of aromatic nitrogens is 1. The molecule has 0 radical (unpaired) electrons. The molecule has 3 aromatic rings. The topological polar surface area (TPSA) is 45.7 Å². The summed E-state index contributed by atoms with van der Waals surface area (Å²) < 4.78 is 6.37. The molecule has 30 heavy (non-hydrogen) atoms. The molecule has 2 aliphatic heterocycles. The number of hydrogen-bond donors (Lipinski definition) is 0. The number of benzene rings is 1. The molecule has 4 heterocycles. The number of nitrogens with zero attached hydrogens (tertiary/aromatic N) is 3. The number of ether oxygens (including phenoxy) is 1. The second-order valence-corrected chi connectivity index (χ2v) is 8.87. The van der Waals surface area contributed by atoms with Crippen LogP contribution >= 0.6 is 11.3 Å². The largest absolute Gasteiger partial charge is 0.361 e. The van der Waals surface area contributed by atoms with Gasteiger partial charge in [0.15, 0.2) is 5.60 Å². The van der Waals surface area contributed by atoms with Crippen LogP contribution in [0.25, 0.3) is 0 Å². The average molecular weight is 420 g/mol. The zero-order chi connectivity index (χ0) is 20.4. The number of hydrogen-bond acceptors (Lipinski definition) is 5. The van der Waals surface area contributed by atoms with E-state index in [1.165, 1.54) is 5.56 Å². The van der Waals surface area contributed by atoms with E-state index < -0.39 is 5.60 Å². The van der Waals surface area contributed by atoms with Crippen molar-refractivity contribution in [2.45, 2.75) is 24.6 Å². The summed E-state index contributed by atoms with van der Waals surface area (Å²) in [5, 5.41) is 4.28. The lowest BCUT2D eigenvalue weighted by atomic mass is 9.83. The van der Waals surface area contributed by atoms with Crippen LogP contribution in [-0.2, 0) is 22.6 Å². The maximum Gasteiger partial charge on any atom is 0.257 e. The first-order chi connectivity index (χ1) is 14.7. The molecule has 6 heteroatoms. The summed E-state index contributed by atoms with van der Waals surface area (Å²) in [5.74, 6) is 0.0650. The molecule has 1 spiro atoms. The summed E-state index contributed by atoms with van der Waals surface area (Å²) in [6.45, 7) is 4.02. The van der Waals surface area contributed by atoms with E-state index in [1.807, 2.05) is 35.4 Å². The van der Waals surface area contributed by atoms with Crippen LogP contribution in [-0.4, -0.2) is 52.5 Å². The van der Waals surface area contributed by atoms with Crippen molar-refractivity contribution < 1.29 is 9.53 Å². The third-order valence-electron chi connectivity index (χ3n) is 6.12. The summed E-state index contributed by atoms with van der Waals surface area (Å²) in [7, 11) is 0. The number of rotatable bonds is 5. The maximum absolute atomic E-state index is 13.8. The number of pyridine rings is 1. The SMILES string of the molecule is O=C1N(Cc2ccccc2)CCO[C@@]12CN(Cc1ccsc1)C[C@H]2c1cccnc1. The number of amides is 1. The van der Waals surface area contributed by atoms with Crippen LogP contribution in [0.1, 0.15) is 22.6 Å². The molecule has 0 N–H and O–H groups in total. The summed E-state index contributed by atoms with van der Waals surface area (Å²) in [5.41, 5.74) is 2.65. The second kappa shape index (κ2) is 8.30. The Morgan fingerprint density at radius 2 is 2.00 bits per heavy atom. The van der Waals surface area contributed by atoms with Gasteiger partial charge in [-0.15, -0.1) is 0 Å². The second-order valence-electron chi connectivity index (χ2n) is 8.09. The molecule has 2 fully saturated rings. The van der Waals surface area contributed by atoms with Crippen LogP contribution < -0.4 is 0 Å². The summed E-state index contributed by atoms with van der Waals surface area (Å²) >= 11 is 1.71.